The van der Waals surface area contributed by atoms with Gasteiger partial charge >= 0.3 is 10.1 Å². The van der Waals surface area contributed by atoms with Crippen molar-refractivity contribution in [3.8, 4) is 23.0 Å². The third-order valence-corrected chi connectivity index (χ3v) is 4.67. The summed E-state index contributed by atoms with van der Waals surface area (Å²) in [4.78, 5) is 11.2. The molecule has 0 spiro atoms. The highest BCUT2D eigenvalue weighted by atomic mass is 32.2. The van der Waals surface area contributed by atoms with Gasteiger partial charge in [-0.25, -0.2) is 0 Å². The van der Waals surface area contributed by atoms with E-state index >= 15 is 0 Å². The van der Waals surface area contributed by atoms with Crippen molar-refractivity contribution in [2.75, 3.05) is 19.5 Å². The molecule has 0 aliphatic carbocycles. The molecule has 2 aromatic carbocycles. The third-order valence-electron chi connectivity index (χ3n) is 4.17. The fourth-order valence-corrected chi connectivity index (χ4v) is 2.79. The van der Waals surface area contributed by atoms with Gasteiger partial charge in [0.2, 0.25) is 0 Å². The maximum Gasteiger partial charge on any atom is 0.306 e. The SMILES string of the molecule is CCC(C)(Oc1ccc(OCCCOc2ccc(OS(C)(=O)=O)cc2)cc1)C(=O)[O-]. The molecule has 0 N–H and O–H groups in total. The molecule has 9 heteroatoms. The zero-order chi connectivity index (χ0) is 22.2. The van der Waals surface area contributed by atoms with Crippen LogP contribution in [-0.2, 0) is 14.9 Å². The van der Waals surface area contributed by atoms with Crippen LogP contribution in [0.4, 0.5) is 0 Å². The molecule has 8 nitrogen and oxygen atoms in total. The number of carboxylic acid groups (broad SMARTS) is 1. The molecule has 0 saturated heterocycles. The highest BCUT2D eigenvalue weighted by molar-refractivity contribution is 7.86. The molecule has 30 heavy (non-hydrogen) atoms. The molecule has 1 unspecified atom stereocenters. The van der Waals surface area contributed by atoms with Crippen molar-refractivity contribution in [3.63, 3.8) is 0 Å². The number of ether oxygens (including phenoxy) is 3. The van der Waals surface area contributed by atoms with Crippen LogP contribution in [-0.4, -0.2) is 39.5 Å². The predicted molar refractivity (Wildman–Crippen MR) is 108 cm³/mol. The van der Waals surface area contributed by atoms with E-state index in [1.165, 1.54) is 19.1 Å². The lowest BCUT2D eigenvalue weighted by Gasteiger charge is -2.30. The summed E-state index contributed by atoms with van der Waals surface area (Å²) in [5.41, 5.74) is -1.38. The number of rotatable bonds is 12. The van der Waals surface area contributed by atoms with E-state index in [0.717, 1.165) is 6.26 Å². The van der Waals surface area contributed by atoms with Gasteiger partial charge < -0.3 is 28.3 Å². The quantitative estimate of drug-likeness (QED) is 0.367. The molecule has 0 amide bonds. The Morgan fingerprint density at radius 3 is 1.73 bits per heavy atom. The van der Waals surface area contributed by atoms with Crippen LogP contribution in [0.5, 0.6) is 23.0 Å². The number of hydrogen-bond donors (Lipinski definition) is 0. The fraction of sp³-hybridized carbons (Fsp3) is 0.381. The summed E-state index contributed by atoms with van der Waals surface area (Å²) in [6, 6.07) is 12.9. The average molecular weight is 437 g/mol. The molecule has 164 valence electrons. The first-order chi connectivity index (χ1) is 14.1. The summed E-state index contributed by atoms with van der Waals surface area (Å²) in [5.74, 6) is 0.588. The number of carbonyl (C=O) groups excluding carboxylic acids is 1. The van der Waals surface area contributed by atoms with E-state index in [1.807, 2.05) is 0 Å². The van der Waals surface area contributed by atoms with Crippen LogP contribution in [0.2, 0.25) is 0 Å². The standard InChI is InChI=1S/C21H26O8S/c1-4-21(2,20(22)23)28-18-10-6-16(7-11-18)26-14-5-15-27-17-8-12-19(13-9-17)29-30(3,24)25/h6-13H,4-5,14-15H2,1-3H3,(H,22,23)/p-1. The number of aliphatic carboxylic acids is 1. The largest absolute Gasteiger partial charge is 0.546 e. The van der Waals surface area contributed by atoms with Crippen molar-refractivity contribution in [1.82, 2.24) is 0 Å². The van der Waals surface area contributed by atoms with Crippen LogP contribution in [0.15, 0.2) is 48.5 Å². The number of carbonyl (C=O) groups is 1. The first-order valence-electron chi connectivity index (χ1n) is 9.37. The normalized spacial score (nSPS) is 13.2. The minimum atomic E-state index is -3.55. The molecular formula is C21H25O8S-. The third kappa shape index (κ3) is 7.47. The molecule has 0 aliphatic heterocycles. The Hall–Kier alpha value is -2.94. The lowest BCUT2D eigenvalue weighted by molar-refractivity contribution is -0.321. The van der Waals surface area contributed by atoms with E-state index in [0.29, 0.717) is 36.9 Å². The highest BCUT2D eigenvalue weighted by Gasteiger charge is 2.25. The van der Waals surface area contributed by atoms with Gasteiger partial charge in [-0.3, -0.25) is 0 Å². The summed E-state index contributed by atoms with van der Waals surface area (Å²) in [6.45, 7) is 4.02. The van der Waals surface area contributed by atoms with Crippen molar-refractivity contribution in [2.24, 2.45) is 0 Å². The van der Waals surface area contributed by atoms with Gasteiger partial charge in [0.25, 0.3) is 0 Å². The van der Waals surface area contributed by atoms with Crippen LogP contribution in [0.25, 0.3) is 0 Å². The van der Waals surface area contributed by atoms with Gasteiger partial charge in [0.05, 0.1) is 25.4 Å². The second-order valence-electron chi connectivity index (χ2n) is 6.75. The van der Waals surface area contributed by atoms with Crippen LogP contribution >= 0.6 is 0 Å². The van der Waals surface area contributed by atoms with E-state index in [-0.39, 0.29) is 12.2 Å². The monoisotopic (exact) mass is 437 g/mol. The maximum absolute atomic E-state index is 11.2. The summed E-state index contributed by atoms with van der Waals surface area (Å²) < 4.78 is 43.6. The first-order valence-corrected chi connectivity index (χ1v) is 11.2. The Balaban J connectivity index is 1.72. The fourth-order valence-electron chi connectivity index (χ4n) is 2.33. The zero-order valence-electron chi connectivity index (χ0n) is 17.1. The number of hydrogen-bond acceptors (Lipinski definition) is 8. The molecule has 0 aliphatic rings. The van der Waals surface area contributed by atoms with Crippen molar-refractivity contribution in [2.45, 2.75) is 32.3 Å². The van der Waals surface area contributed by atoms with Gasteiger partial charge in [-0.15, -0.1) is 0 Å². The molecule has 0 heterocycles. The van der Waals surface area contributed by atoms with E-state index in [2.05, 4.69) is 0 Å². The lowest BCUT2D eigenvalue weighted by Crippen LogP contribution is -2.49. The maximum atomic E-state index is 11.2. The van der Waals surface area contributed by atoms with Gasteiger partial charge in [0.1, 0.15) is 28.6 Å². The van der Waals surface area contributed by atoms with Gasteiger partial charge in [0.15, 0.2) is 0 Å². The van der Waals surface area contributed by atoms with Gasteiger partial charge in [0, 0.05) is 6.42 Å². The predicted octanol–water partition coefficient (Wildman–Crippen LogP) is 2.17. The van der Waals surface area contributed by atoms with Gasteiger partial charge in [-0.05, 0) is 61.9 Å². The molecule has 0 radical (unpaired) electrons. The summed E-state index contributed by atoms with van der Waals surface area (Å²) in [7, 11) is -3.55. The number of carboxylic acids is 1. The Labute approximate surface area is 176 Å². The lowest BCUT2D eigenvalue weighted by atomic mass is 10.0. The Kier molecular flexibility index (Phi) is 7.93. The molecule has 1 atom stereocenters. The molecule has 2 aromatic rings. The second-order valence-corrected chi connectivity index (χ2v) is 8.33. The van der Waals surface area contributed by atoms with Gasteiger partial charge in [-0.1, -0.05) is 6.92 Å². The summed E-state index contributed by atoms with van der Waals surface area (Å²) in [6.07, 6.45) is 1.88. The van der Waals surface area contributed by atoms with Crippen molar-refractivity contribution >= 4 is 16.1 Å². The molecule has 0 saturated carbocycles. The van der Waals surface area contributed by atoms with Crippen LogP contribution in [0.1, 0.15) is 26.7 Å². The van der Waals surface area contributed by atoms with Gasteiger partial charge in [-0.2, -0.15) is 8.42 Å². The Morgan fingerprint density at radius 2 is 1.33 bits per heavy atom. The molecule has 2 rings (SSSR count). The van der Waals surface area contributed by atoms with Crippen LogP contribution in [0.3, 0.4) is 0 Å². The van der Waals surface area contributed by atoms with Crippen LogP contribution in [0, 0.1) is 0 Å². The smallest absolute Gasteiger partial charge is 0.306 e. The van der Waals surface area contributed by atoms with E-state index < -0.39 is 21.7 Å². The highest BCUT2D eigenvalue weighted by Crippen LogP contribution is 2.24. The summed E-state index contributed by atoms with van der Waals surface area (Å²) >= 11 is 0. The average Bonchev–Trinajstić information content (AvgIpc) is 2.69. The van der Waals surface area contributed by atoms with E-state index in [1.54, 1.807) is 43.3 Å². The number of benzene rings is 2. The minimum absolute atomic E-state index is 0.222. The van der Waals surface area contributed by atoms with Crippen molar-refractivity contribution in [3.05, 3.63) is 48.5 Å². The second kappa shape index (κ2) is 10.2. The zero-order valence-corrected chi connectivity index (χ0v) is 17.9. The van der Waals surface area contributed by atoms with Crippen molar-refractivity contribution in [1.29, 1.82) is 0 Å². The molecule has 0 bridgehead atoms. The first kappa shape index (κ1) is 23.3. The molecule has 0 aromatic heterocycles. The molecule has 0 fully saturated rings. The summed E-state index contributed by atoms with van der Waals surface area (Å²) in [5, 5.41) is 11.2. The van der Waals surface area contributed by atoms with E-state index in [4.69, 9.17) is 18.4 Å². The van der Waals surface area contributed by atoms with Crippen LogP contribution < -0.4 is 23.5 Å². The minimum Gasteiger partial charge on any atom is -0.546 e. The Morgan fingerprint density at radius 1 is 0.900 bits per heavy atom. The topological polar surface area (TPSA) is 111 Å². The Bertz CT molecular complexity index is 922. The van der Waals surface area contributed by atoms with E-state index in [9.17, 15) is 18.3 Å². The van der Waals surface area contributed by atoms with Crippen molar-refractivity contribution < 1.29 is 36.7 Å². The molecular weight excluding hydrogens is 412 g/mol.